The van der Waals surface area contributed by atoms with Crippen LogP contribution in [-0.2, 0) is 16.6 Å². The Morgan fingerprint density at radius 3 is 2.15 bits per heavy atom. The van der Waals surface area contributed by atoms with E-state index in [1.165, 1.54) is 67.5 Å². The van der Waals surface area contributed by atoms with Crippen LogP contribution in [0.4, 0.5) is 0 Å². The number of aliphatic hydroxyl groups excluding tert-OH is 1. The van der Waals surface area contributed by atoms with Crippen LogP contribution < -0.4 is 0 Å². The molecule has 4 fully saturated rings. The topological polar surface area (TPSA) is 46.5 Å². The van der Waals surface area contributed by atoms with Gasteiger partial charge in [0.25, 0.3) is 0 Å². The Labute approximate surface area is 202 Å². The summed E-state index contributed by atoms with van der Waals surface area (Å²) in [5, 5.41) is 12.1. The van der Waals surface area contributed by atoms with Crippen LogP contribution in [0, 0.1) is 17.8 Å². The maximum atomic E-state index is 11.8. The molecule has 4 saturated carbocycles. The third-order valence-electron chi connectivity index (χ3n) is 8.92. The number of hydrogen-bond donors (Lipinski definition) is 1. The van der Waals surface area contributed by atoms with Crippen LogP contribution in [0.2, 0.25) is 0 Å². The number of ether oxygens (including phenoxy) is 1. The summed E-state index contributed by atoms with van der Waals surface area (Å²) in [6.07, 6.45) is 10.2. The van der Waals surface area contributed by atoms with Crippen molar-refractivity contribution in [3.63, 3.8) is 0 Å². The monoisotopic (exact) mass is 454 g/mol. The van der Waals surface area contributed by atoms with Gasteiger partial charge in [-0.25, -0.2) is 4.79 Å². The fourth-order valence-electron chi connectivity index (χ4n) is 7.85. The van der Waals surface area contributed by atoms with Crippen LogP contribution in [0.3, 0.4) is 0 Å². The van der Waals surface area contributed by atoms with Gasteiger partial charge in [0.15, 0.2) is 0 Å². The van der Waals surface area contributed by atoms with Crippen molar-refractivity contribution >= 4 is 16.7 Å². The number of benzene rings is 3. The Morgan fingerprint density at radius 1 is 0.882 bits per heavy atom. The van der Waals surface area contributed by atoms with Gasteiger partial charge in [0.1, 0.15) is 0 Å². The summed E-state index contributed by atoms with van der Waals surface area (Å²) < 4.78 is 4.84. The Kier molecular flexibility index (Phi) is 5.49. The number of methoxy groups -OCH3 is 1. The van der Waals surface area contributed by atoms with Crippen molar-refractivity contribution in [2.75, 3.05) is 13.7 Å². The van der Waals surface area contributed by atoms with Gasteiger partial charge in [0, 0.05) is 6.61 Å². The van der Waals surface area contributed by atoms with Crippen LogP contribution in [0.5, 0.6) is 0 Å². The number of carbonyl (C=O) groups is 1. The lowest BCUT2D eigenvalue weighted by atomic mass is 9.47. The van der Waals surface area contributed by atoms with Gasteiger partial charge in [-0.1, -0.05) is 36.4 Å². The number of fused-ring (bicyclic) bond motifs is 1. The molecular weight excluding hydrogens is 420 g/mol. The highest BCUT2D eigenvalue weighted by molar-refractivity contribution is 5.91. The van der Waals surface area contributed by atoms with E-state index < -0.39 is 0 Å². The molecular formula is C31H34O3. The zero-order valence-corrected chi connectivity index (χ0v) is 20.1. The van der Waals surface area contributed by atoms with Gasteiger partial charge in [0.2, 0.25) is 0 Å². The molecule has 3 aromatic carbocycles. The second-order valence-corrected chi connectivity index (χ2v) is 11.2. The molecule has 0 aromatic heterocycles. The molecule has 4 bridgehead atoms. The normalized spacial score (nSPS) is 27.3. The molecule has 1 N–H and O–H groups in total. The van der Waals surface area contributed by atoms with Gasteiger partial charge in [-0.2, -0.15) is 0 Å². The highest BCUT2D eigenvalue weighted by atomic mass is 16.5. The number of rotatable bonds is 6. The maximum absolute atomic E-state index is 11.8. The van der Waals surface area contributed by atoms with Crippen LogP contribution >= 0.6 is 0 Å². The first kappa shape index (κ1) is 21.9. The zero-order valence-electron chi connectivity index (χ0n) is 20.1. The first-order valence-electron chi connectivity index (χ1n) is 12.9. The van der Waals surface area contributed by atoms with Crippen molar-refractivity contribution < 1.29 is 14.6 Å². The number of aryl methyl sites for hydroxylation is 1. The van der Waals surface area contributed by atoms with Gasteiger partial charge in [0.05, 0.1) is 12.7 Å². The predicted octanol–water partition coefficient (Wildman–Crippen LogP) is 6.69. The minimum atomic E-state index is -0.305. The molecule has 34 heavy (non-hydrogen) atoms. The summed E-state index contributed by atoms with van der Waals surface area (Å²) in [4.78, 5) is 11.8. The van der Waals surface area contributed by atoms with Crippen LogP contribution in [0.1, 0.15) is 66.4 Å². The standard InChI is InChI=1S/C31H34O3/c1-34-30(33)24-6-4-23(5-7-24)25-8-9-26-14-27(3-2-10-32)29(16-28(26)15-25)31-17-20-11-21(18-31)13-22(12-20)19-31/h4-9,14-16,20-22,32H,2-3,10-13,17-19H2,1H3. The smallest absolute Gasteiger partial charge is 0.337 e. The Balaban J connectivity index is 1.42. The van der Waals surface area contributed by atoms with E-state index in [1.54, 1.807) is 5.56 Å². The Bertz CT molecular complexity index is 1190. The molecule has 0 spiro atoms. The number of aliphatic hydroxyl groups is 1. The van der Waals surface area contributed by atoms with E-state index in [0.717, 1.165) is 36.2 Å². The van der Waals surface area contributed by atoms with Gasteiger partial charge in [-0.3, -0.25) is 0 Å². The Morgan fingerprint density at radius 2 is 1.53 bits per heavy atom. The fraction of sp³-hybridized carbons (Fsp3) is 0.452. The van der Waals surface area contributed by atoms with E-state index in [-0.39, 0.29) is 12.6 Å². The lowest BCUT2D eigenvalue weighted by Gasteiger charge is -2.57. The molecule has 0 amide bonds. The van der Waals surface area contributed by atoms with E-state index in [2.05, 4.69) is 30.3 Å². The van der Waals surface area contributed by atoms with Crippen molar-refractivity contribution in [3.05, 3.63) is 71.3 Å². The largest absolute Gasteiger partial charge is 0.465 e. The van der Waals surface area contributed by atoms with Crippen molar-refractivity contribution in [2.24, 2.45) is 17.8 Å². The average molecular weight is 455 g/mol. The molecule has 3 nitrogen and oxygen atoms in total. The molecule has 7 rings (SSSR count). The summed E-state index contributed by atoms with van der Waals surface area (Å²) in [6.45, 7) is 0.249. The first-order valence-corrected chi connectivity index (χ1v) is 12.9. The number of esters is 1. The third kappa shape index (κ3) is 3.75. The van der Waals surface area contributed by atoms with Crippen molar-refractivity contribution in [1.29, 1.82) is 0 Å². The van der Waals surface area contributed by atoms with E-state index >= 15 is 0 Å². The third-order valence-corrected chi connectivity index (χ3v) is 8.92. The van der Waals surface area contributed by atoms with Crippen LogP contribution in [0.15, 0.2) is 54.6 Å². The summed E-state index contributed by atoms with van der Waals surface area (Å²) in [6, 6.07) is 19.3. The Hall–Kier alpha value is -2.65. The molecule has 0 heterocycles. The highest BCUT2D eigenvalue weighted by Crippen LogP contribution is 2.61. The first-order chi connectivity index (χ1) is 16.6. The molecule has 3 heteroatoms. The zero-order chi connectivity index (χ0) is 23.3. The quantitative estimate of drug-likeness (QED) is 0.422. The van der Waals surface area contributed by atoms with Crippen molar-refractivity contribution in [3.8, 4) is 11.1 Å². The molecule has 0 saturated heterocycles. The molecule has 0 atom stereocenters. The van der Waals surface area contributed by atoms with Gasteiger partial charge >= 0.3 is 5.97 Å². The number of hydrogen-bond acceptors (Lipinski definition) is 3. The van der Waals surface area contributed by atoms with Crippen molar-refractivity contribution in [1.82, 2.24) is 0 Å². The lowest BCUT2D eigenvalue weighted by molar-refractivity contribution is -0.00554. The number of carbonyl (C=O) groups excluding carboxylic acids is 1. The molecule has 0 unspecified atom stereocenters. The van der Waals surface area contributed by atoms with Gasteiger partial charge in [-0.15, -0.1) is 0 Å². The molecule has 0 aliphatic heterocycles. The molecule has 4 aliphatic carbocycles. The van der Waals surface area contributed by atoms with Crippen LogP contribution in [-0.4, -0.2) is 24.8 Å². The van der Waals surface area contributed by atoms with E-state index in [0.29, 0.717) is 11.0 Å². The highest BCUT2D eigenvalue weighted by Gasteiger charge is 2.52. The SMILES string of the molecule is COC(=O)c1ccc(-c2ccc3cc(CCCO)c(C45CC6CC(CC(C6)C4)C5)cc3c2)cc1. The second-order valence-electron chi connectivity index (χ2n) is 11.2. The van der Waals surface area contributed by atoms with Crippen LogP contribution in [0.25, 0.3) is 21.9 Å². The molecule has 176 valence electrons. The fourth-order valence-corrected chi connectivity index (χ4v) is 7.85. The second kappa shape index (κ2) is 8.53. The average Bonchev–Trinajstić information content (AvgIpc) is 2.85. The van der Waals surface area contributed by atoms with E-state index in [9.17, 15) is 9.90 Å². The predicted molar refractivity (Wildman–Crippen MR) is 136 cm³/mol. The molecule has 4 aliphatic rings. The summed E-state index contributed by atoms with van der Waals surface area (Å²) in [5.74, 6) is 2.42. The van der Waals surface area contributed by atoms with Gasteiger partial charge in [-0.05, 0) is 126 Å². The van der Waals surface area contributed by atoms with E-state index in [4.69, 9.17) is 4.74 Å². The summed E-state index contributed by atoms with van der Waals surface area (Å²) >= 11 is 0. The molecule has 0 radical (unpaired) electrons. The summed E-state index contributed by atoms with van der Waals surface area (Å²) in [5.41, 5.74) is 6.22. The van der Waals surface area contributed by atoms with E-state index in [1.807, 2.05) is 24.3 Å². The lowest BCUT2D eigenvalue weighted by Crippen LogP contribution is -2.48. The summed E-state index contributed by atoms with van der Waals surface area (Å²) in [7, 11) is 1.41. The minimum absolute atomic E-state index is 0.249. The maximum Gasteiger partial charge on any atom is 0.337 e. The van der Waals surface area contributed by atoms with Gasteiger partial charge < -0.3 is 9.84 Å². The van der Waals surface area contributed by atoms with Crippen molar-refractivity contribution in [2.45, 2.75) is 56.8 Å². The molecule has 3 aromatic rings. The minimum Gasteiger partial charge on any atom is -0.465 e.